The molecule has 2 nitrogen and oxygen atoms in total. The molecule has 0 unspecified atom stereocenters. The molecule has 0 amide bonds. The smallest absolute Gasteiger partial charge is 0.00506 e. The molecule has 0 aromatic carbocycles. The van der Waals surface area contributed by atoms with Crippen LogP contribution in [0.3, 0.4) is 0 Å². The van der Waals surface area contributed by atoms with Gasteiger partial charge in [-0.3, -0.25) is 5.84 Å². The average molecular weight is 118 g/mol. The van der Waals surface area contributed by atoms with Crippen LogP contribution in [0.2, 0.25) is 0 Å². The zero-order valence-corrected chi connectivity index (χ0v) is 6.36. The lowest BCUT2D eigenvalue weighted by Crippen LogP contribution is -2.11. The van der Waals surface area contributed by atoms with Gasteiger partial charge >= 0.3 is 0 Å². The third-order valence-electron chi connectivity index (χ3n) is 0.118. The van der Waals surface area contributed by atoms with E-state index in [-0.39, 0.29) is 0 Å². The van der Waals surface area contributed by atoms with Gasteiger partial charge in [-0.25, -0.2) is 0 Å². The average Bonchev–Trinajstić information content (AvgIpc) is 1.96. The van der Waals surface area contributed by atoms with Gasteiger partial charge in [-0.05, 0) is 0 Å². The van der Waals surface area contributed by atoms with Gasteiger partial charge in [-0.15, -0.1) is 0 Å². The number of hydrogen-bond acceptors (Lipinski definition) is 2. The maximum absolute atomic E-state index is 4.66. The second-order valence-corrected chi connectivity index (χ2v) is 0.371. The first-order chi connectivity index (χ1) is 3.91. The zero-order valence-electron chi connectivity index (χ0n) is 6.36. The van der Waals surface area contributed by atoms with Crippen molar-refractivity contribution in [2.24, 2.45) is 5.84 Å². The highest BCUT2D eigenvalue weighted by atomic mass is 15.2. The van der Waals surface area contributed by atoms with Crippen molar-refractivity contribution in [1.29, 1.82) is 0 Å². The molecule has 0 aliphatic carbocycles. The van der Waals surface area contributed by atoms with E-state index in [4.69, 9.17) is 0 Å². The van der Waals surface area contributed by atoms with Gasteiger partial charge in [-0.1, -0.05) is 34.3 Å². The van der Waals surface area contributed by atoms with Gasteiger partial charge in [0.2, 0.25) is 0 Å². The fourth-order valence-corrected chi connectivity index (χ4v) is 0. The van der Waals surface area contributed by atoms with Crippen molar-refractivity contribution in [3.63, 3.8) is 0 Å². The first-order valence-corrected chi connectivity index (χ1v) is 2.99. The topological polar surface area (TPSA) is 38.0 Å². The molecule has 0 rings (SSSR count). The summed E-state index contributed by atoms with van der Waals surface area (Å²) in [5.74, 6) is 4.66. The van der Waals surface area contributed by atoms with Crippen LogP contribution in [0.25, 0.3) is 0 Å². The Kier molecular flexibility index (Phi) is 171. The maximum atomic E-state index is 4.66. The van der Waals surface area contributed by atoms with Crippen LogP contribution in [-0.2, 0) is 0 Å². The standard InChI is InChI=1S/C2H6N2.2C2H6/c1-2-4-3;2*1-2/h2,4H,1,3H2;2*1-2H3. The SMILES string of the molecule is C=CNN.CC.CC. The molecule has 52 valence electrons. The fraction of sp³-hybridized carbons (Fsp3) is 0.667. The first kappa shape index (κ1) is 15.6. The highest BCUT2D eigenvalue weighted by molar-refractivity contribution is 4.53. The van der Waals surface area contributed by atoms with E-state index < -0.39 is 0 Å². The molecule has 0 aliphatic rings. The van der Waals surface area contributed by atoms with Crippen molar-refractivity contribution in [2.75, 3.05) is 0 Å². The minimum atomic E-state index is 1.40. The molecule has 0 fully saturated rings. The number of rotatable bonds is 1. The maximum Gasteiger partial charge on any atom is 0.00506 e. The van der Waals surface area contributed by atoms with E-state index in [1.165, 1.54) is 6.20 Å². The molecule has 0 saturated heterocycles. The highest BCUT2D eigenvalue weighted by Gasteiger charge is 1.33. The van der Waals surface area contributed by atoms with Gasteiger partial charge in [0, 0.05) is 6.20 Å². The summed E-state index contributed by atoms with van der Waals surface area (Å²) in [5.41, 5.74) is 2.19. The van der Waals surface area contributed by atoms with Crippen LogP contribution in [-0.4, -0.2) is 0 Å². The molecule has 0 saturated carbocycles. The third kappa shape index (κ3) is 446. The Bertz CT molecular complexity index is 20.5. The fourth-order valence-electron chi connectivity index (χ4n) is 0. The summed E-state index contributed by atoms with van der Waals surface area (Å²) >= 11 is 0. The van der Waals surface area contributed by atoms with Crippen LogP contribution in [0.4, 0.5) is 0 Å². The van der Waals surface area contributed by atoms with E-state index in [2.05, 4.69) is 17.8 Å². The number of hydrazine groups is 1. The van der Waals surface area contributed by atoms with Crippen molar-refractivity contribution in [1.82, 2.24) is 5.43 Å². The molecular weight excluding hydrogens is 100 g/mol. The molecule has 0 bridgehead atoms. The van der Waals surface area contributed by atoms with Crippen molar-refractivity contribution in [3.05, 3.63) is 12.8 Å². The monoisotopic (exact) mass is 118 g/mol. The van der Waals surface area contributed by atoms with Crippen LogP contribution in [0, 0.1) is 0 Å². The Morgan fingerprint density at radius 3 is 1.38 bits per heavy atom. The van der Waals surface area contributed by atoms with Gasteiger partial charge < -0.3 is 5.43 Å². The van der Waals surface area contributed by atoms with Crippen molar-refractivity contribution in [3.8, 4) is 0 Å². The van der Waals surface area contributed by atoms with Crippen LogP contribution in [0.15, 0.2) is 12.8 Å². The van der Waals surface area contributed by atoms with Gasteiger partial charge in [0.15, 0.2) is 0 Å². The number of nitrogens with one attached hydrogen (secondary N) is 1. The van der Waals surface area contributed by atoms with Crippen molar-refractivity contribution >= 4 is 0 Å². The van der Waals surface area contributed by atoms with E-state index in [0.717, 1.165) is 0 Å². The van der Waals surface area contributed by atoms with E-state index >= 15 is 0 Å². The van der Waals surface area contributed by atoms with Crippen LogP contribution >= 0.6 is 0 Å². The largest absolute Gasteiger partial charge is 0.332 e. The predicted octanol–water partition coefficient (Wildman–Crippen LogP) is 1.65. The third-order valence-corrected chi connectivity index (χ3v) is 0.118. The number of nitrogens with two attached hydrogens (primary N) is 1. The minimum absolute atomic E-state index is 1.40. The predicted molar refractivity (Wildman–Crippen MR) is 40.2 cm³/mol. The molecule has 8 heavy (non-hydrogen) atoms. The second kappa shape index (κ2) is 87.4. The molecule has 3 N–H and O–H groups in total. The van der Waals surface area contributed by atoms with Crippen LogP contribution in [0.1, 0.15) is 27.7 Å². The molecule has 0 spiro atoms. The number of hydrogen-bond donors (Lipinski definition) is 2. The van der Waals surface area contributed by atoms with Gasteiger partial charge in [0.1, 0.15) is 0 Å². The normalized spacial score (nSPS) is 4.12. The molecule has 2 heteroatoms. The van der Waals surface area contributed by atoms with E-state index in [1.54, 1.807) is 0 Å². The van der Waals surface area contributed by atoms with Crippen LogP contribution < -0.4 is 11.3 Å². The Balaban J connectivity index is -0.0000000542. The zero-order chi connectivity index (χ0) is 7.41. The van der Waals surface area contributed by atoms with Gasteiger partial charge in [-0.2, -0.15) is 0 Å². The summed E-state index contributed by atoms with van der Waals surface area (Å²) in [6, 6.07) is 0. The Morgan fingerprint density at radius 1 is 1.25 bits per heavy atom. The van der Waals surface area contributed by atoms with E-state index in [9.17, 15) is 0 Å². The molecule has 0 aromatic rings. The molecule has 0 radical (unpaired) electrons. The lowest BCUT2D eigenvalue weighted by molar-refractivity contribution is 0.972. The van der Waals surface area contributed by atoms with Crippen LogP contribution in [0.5, 0.6) is 0 Å². The summed E-state index contributed by atoms with van der Waals surface area (Å²) in [5, 5.41) is 0. The van der Waals surface area contributed by atoms with Crippen molar-refractivity contribution < 1.29 is 0 Å². The molecular formula is C6H18N2. The molecule has 0 atom stereocenters. The Hall–Kier alpha value is -0.500. The van der Waals surface area contributed by atoms with Gasteiger partial charge in [0.25, 0.3) is 0 Å². The van der Waals surface area contributed by atoms with E-state index in [1.807, 2.05) is 27.7 Å². The first-order valence-electron chi connectivity index (χ1n) is 2.99. The second-order valence-electron chi connectivity index (χ2n) is 0.371. The summed E-state index contributed by atoms with van der Waals surface area (Å²) in [7, 11) is 0. The summed E-state index contributed by atoms with van der Waals surface area (Å²) in [6.07, 6.45) is 1.40. The Morgan fingerprint density at radius 2 is 1.38 bits per heavy atom. The van der Waals surface area contributed by atoms with Gasteiger partial charge in [0.05, 0.1) is 0 Å². The summed E-state index contributed by atoms with van der Waals surface area (Å²) in [6.45, 7) is 11.2. The lowest BCUT2D eigenvalue weighted by atomic mass is 11.0. The van der Waals surface area contributed by atoms with E-state index in [0.29, 0.717) is 0 Å². The lowest BCUT2D eigenvalue weighted by Gasteiger charge is -1.72. The molecule has 0 aliphatic heterocycles. The molecule has 0 heterocycles. The highest BCUT2D eigenvalue weighted by Crippen LogP contribution is 1.26. The minimum Gasteiger partial charge on any atom is -0.332 e. The summed E-state index contributed by atoms with van der Waals surface area (Å²) < 4.78 is 0. The molecule has 0 aromatic heterocycles. The van der Waals surface area contributed by atoms with Crippen molar-refractivity contribution in [2.45, 2.75) is 27.7 Å². The summed E-state index contributed by atoms with van der Waals surface area (Å²) in [4.78, 5) is 0. The Labute approximate surface area is 52.7 Å². The quantitative estimate of drug-likeness (QED) is 0.406.